The van der Waals surface area contributed by atoms with Gasteiger partial charge in [0.05, 0.1) is 57.4 Å². The number of hydrogen-bond donors (Lipinski definition) is 0. The van der Waals surface area contributed by atoms with Crippen LogP contribution in [0.15, 0.2) is 146 Å². The average molecular weight is 963 g/mol. The Kier molecular flexibility index (Phi) is 18.2. The van der Waals surface area contributed by atoms with Gasteiger partial charge in [-0.3, -0.25) is 0 Å². The standard InChI is InChI=1S/C58H58O13/c1-39-13-7-19-45(25-39)51(59)66-33-57(34-67-52(60)46-20-8-14-40(2)26-46,35-68-53(61)47-21-9-15-41(3)27-47)31-65-32-58(36-69-54(62)48-22-10-16-42(4)28-48,37-70-55(63)49-23-11-17-43(5)29-49)38-71-56(64)50-24-12-18-44(6)30-50/h7-30H,31-38H2,1-6H3. The summed E-state index contributed by atoms with van der Waals surface area (Å²) in [6.45, 7) is 7.07. The normalized spacial score (nSPS) is 11.2. The monoisotopic (exact) mass is 962 g/mol. The first-order valence-corrected chi connectivity index (χ1v) is 23.0. The molecule has 0 aliphatic rings. The lowest BCUT2D eigenvalue weighted by Crippen LogP contribution is -2.47. The molecular formula is C58H58O13. The maximum Gasteiger partial charge on any atom is 0.338 e. The topological polar surface area (TPSA) is 167 Å². The predicted molar refractivity (Wildman–Crippen MR) is 264 cm³/mol. The lowest BCUT2D eigenvalue weighted by atomic mass is 9.90. The molecule has 6 rings (SSSR count). The largest absolute Gasteiger partial charge is 0.461 e. The van der Waals surface area contributed by atoms with E-state index in [-0.39, 0.29) is 33.4 Å². The number of esters is 6. The van der Waals surface area contributed by atoms with Crippen molar-refractivity contribution in [2.45, 2.75) is 41.5 Å². The van der Waals surface area contributed by atoms with Crippen molar-refractivity contribution in [1.29, 1.82) is 0 Å². The van der Waals surface area contributed by atoms with E-state index in [4.69, 9.17) is 33.2 Å². The molecule has 0 aliphatic carbocycles. The highest BCUT2D eigenvalue weighted by atomic mass is 16.6. The number of carbonyl (C=O) groups is 6. The van der Waals surface area contributed by atoms with E-state index in [1.807, 2.05) is 77.9 Å². The van der Waals surface area contributed by atoms with Gasteiger partial charge in [0.25, 0.3) is 0 Å². The van der Waals surface area contributed by atoms with Crippen LogP contribution in [0.2, 0.25) is 0 Å². The molecule has 6 aromatic rings. The van der Waals surface area contributed by atoms with Crippen molar-refractivity contribution in [3.63, 3.8) is 0 Å². The van der Waals surface area contributed by atoms with Gasteiger partial charge in [0, 0.05) is 0 Å². The number of ether oxygens (including phenoxy) is 7. The van der Waals surface area contributed by atoms with E-state index in [0.29, 0.717) is 0 Å². The van der Waals surface area contributed by atoms with Crippen LogP contribution in [0.4, 0.5) is 0 Å². The summed E-state index contributed by atoms with van der Waals surface area (Å²) in [5.74, 6) is -4.27. The molecule has 368 valence electrons. The summed E-state index contributed by atoms with van der Waals surface area (Å²) in [6.07, 6.45) is 0. The summed E-state index contributed by atoms with van der Waals surface area (Å²) in [7, 11) is 0. The third-order valence-electron chi connectivity index (χ3n) is 11.4. The van der Waals surface area contributed by atoms with E-state index in [9.17, 15) is 28.8 Å². The van der Waals surface area contributed by atoms with E-state index in [1.54, 1.807) is 109 Å². The van der Waals surface area contributed by atoms with Crippen LogP contribution < -0.4 is 0 Å². The van der Waals surface area contributed by atoms with E-state index in [1.165, 1.54) is 0 Å². The Morgan fingerprint density at radius 2 is 0.451 bits per heavy atom. The second-order valence-electron chi connectivity index (χ2n) is 18.2. The molecule has 0 saturated heterocycles. The van der Waals surface area contributed by atoms with Crippen molar-refractivity contribution in [3.05, 3.63) is 212 Å². The SMILES string of the molecule is Cc1cccc(C(=O)OCC(COCC(COC(=O)c2cccc(C)c2)(COC(=O)c2cccc(C)c2)COC(=O)c2cccc(C)c2)(COC(=O)c2cccc(C)c2)COC(=O)c2cccc(C)c2)c1. The van der Waals surface area contributed by atoms with Crippen molar-refractivity contribution in [1.82, 2.24) is 0 Å². The van der Waals surface area contributed by atoms with E-state index in [0.717, 1.165) is 33.4 Å². The Labute approximate surface area is 414 Å². The molecule has 0 unspecified atom stereocenters. The lowest BCUT2D eigenvalue weighted by molar-refractivity contribution is -0.112. The molecule has 0 fully saturated rings. The average Bonchev–Trinajstić information content (AvgIpc) is 3.36. The maximum absolute atomic E-state index is 13.7. The van der Waals surface area contributed by atoms with Crippen LogP contribution in [-0.4, -0.2) is 88.7 Å². The van der Waals surface area contributed by atoms with Gasteiger partial charge in [-0.2, -0.15) is 0 Å². The summed E-state index contributed by atoms with van der Waals surface area (Å²) in [5.41, 5.74) is 3.07. The van der Waals surface area contributed by atoms with Gasteiger partial charge >= 0.3 is 35.8 Å². The first-order chi connectivity index (χ1) is 34.0. The predicted octanol–water partition coefficient (Wildman–Crippen LogP) is 9.97. The minimum atomic E-state index is -1.61. The van der Waals surface area contributed by atoms with Crippen molar-refractivity contribution in [2.75, 3.05) is 52.9 Å². The Hall–Kier alpha value is -7.90. The van der Waals surface area contributed by atoms with Gasteiger partial charge in [-0.1, -0.05) is 106 Å². The van der Waals surface area contributed by atoms with Crippen LogP contribution in [0.1, 0.15) is 95.5 Å². The van der Waals surface area contributed by atoms with Gasteiger partial charge in [-0.05, 0) is 114 Å². The van der Waals surface area contributed by atoms with E-state index < -0.39 is 99.5 Å². The minimum Gasteiger partial charge on any atom is -0.461 e. The van der Waals surface area contributed by atoms with Gasteiger partial charge in [0.15, 0.2) is 0 Å². The van der Waals surface area contributed by atoms with Gasteiger partial charge in [0.2, 0.25) is 0 Å². The molecule has 0 aromatic heterocycles. The molecule has 0 spiro atoms. The molecule has 0 radical (unpaired) electrons. The van der Waals surface area contributed by atoms with Crippen LogP contribution in [0.5, 0.6) is 0 Å². The molecule has 0 N–H and O–H groups in total. The number of aryl methyl sites for hydroxylation is 6. The molecule has 13 nitrogen and oxygen atoms in total. The maximum atomic E-state index is 13.7. The second-order valence-corrected chi connectivity index (χ2v) is 18.2. The molecule has 0 amide bonds. The van der Waals surface area contributed by atoms with Gasteiger partial charge in [-0.25, -0.2) is 28.8 Å². The molecule has 6 aromatic carbocycles. The minimum absolute atomic E-state index is 0.244. The van der Waals surface area contributed by atoms with Crippen LogP contribution in [-0.2, 0) is 33.2 Å². The second kappa shape index (κ2) is 24.6. The van der Waals surface area contributed by atoms with Gasteiger partial charge in [0.1, 0.15) is 39.6 Å². The van der Waals surface area contributed by atoms with Crippen molar-refractivity contribution < 1.29 is 61.9 Å². The number of rotatable bonds is 22. The zero-order chi connectivity index (χ0) is 51.0. The fourth-order valence-corrected chi connectivity index (χ4v) is 7.43. The Bertz CT molecular complexity index is 2370. The van der Waals surface area contributed by atoms with Crippen molar-refractivity contribution >= 4 is 35.8 Å². The number of carbonyl (C=O) groups excluding carboxylic acids is 6. The van der Waals surface area contributed by atoms with E-state index in [2.05, 4.69) is 0 Å². The molecule has 71 heavy (non-hydrogen) atoms. The molecule has 0 aliphatic heterocycles. The van der Waals surface area contributed by atoms with Crippen molar-refractivity contribution in [3.8, 4) is 0 Å². The van der Waals surface area contributed by atoms with Crippen LogP contribution in [0.3, 0.4) is 0 Å². The highest BCUT2D eigenvalue weighted by molar-refractivity contribution is 5.92. The molecular weight excluding hydrogens is 905 g/mol. The zero-order valence-corrected chi connectivity index (χ0v) is 40.8. The summed E-state index contributed by atoms with van der Waals surface area (Å²) in [5, 5.41) is 0. The summed E-state index contributed by atoms with van der Waals surface area (Å²) in [4.78, 5) is 82.2. The fraction of sp³-hybridized carbons (Fsp3) is 0.276. The first kappa shape index (κ1) is 52.5. The van der Waals surface area contributed by atoms with E-state index >= 15 is 0 Å². The van der Waals surface area contributed by atoms with Gasteiger partial charge in [-0.15, -0.1) is 0 Å². The van der Waals surface area contributed by atoms with Gasteiger partial charge < -0.3 is 33.2 Å². The number of benzene rings is 6. The molecule has 0 saturated carbocycles. The molecule has 0 heterocycles. The number of hydrogen-bond acceptors (Lipinski definition) is 13. The first-order valence-electron chi connectivity index (χ1n) is 23.0. The zero-order valence-electron chi connectivity index (χ0n) is 40.8. The Morgan fingerprint density at radius 1 is 0.282 bits per heavy atom. The molecule has 0 atom stereocenters. The van der Waals surface area contributed by atoms with Crippen molar-refractivity contribution in [2.24, 2.45) is 10.8 Å². The third kappa shape index (κ3) is 15.6. The summed E-state index contributed by atoms with van der Waals surface area (Å²) in [6, 6.07) is 40.6. The Balaban J connectivity index is 1.38. The molecule has 0 bridgehead atoms. The molecule has 13 heteroatoms. The quantitative estimate of drug-likeness (QED) is 0.0466. The smallest absolute Gasteiger partial charge is 0.338 e. The third-order valence-corrected chi connectivity index (χ3v) is 11.4. The van der Waals surface area contributed by atoms with Crippen LogP contribution in [0.25, 0.3) is 0 Å². The highest BCUT2D eigenvalue weighted by Crippen LogP contribution is 2.28. The van der Waals surface area contributed by atoms with Crippen LogP contribution >= 0.6 is 0 Å². The fourth-order valence-electron chi connectivity index (χ4n) is 7.43. The Morgan fingerprint density at radius 3 is 0.606 bits per heavy atom. The summed E-state index contributed by atoms with van der Waals surface area (Å²) >= 11 is 0. The lowest BCUT2D eigenvalue weighted by Gasteiger charge is -2.35. The van der Waals surface area contributed by atoms with Crippen LogP contribution in [0, 0.1) is 52.4 Å². The summed E-state index contributed by atoms with van der Waals surface area (Å²) < 4.78 is 42.3. The highest BCUT2D eigenvalue weighted by Gasteiger charge is 2.41.